The zero-order valence-corrected chi connectivity index (χ0v) is 21.3. The number of H-pyrrole nitrogens is 1. The number of hydrogen-bond donors (Lipinski definition) is 1. The van der Waals surface area contributed by atoms with Crippen LogP contribution >= 0.6 is 0 Å². The second kappa shape index (κ2) is 8.64. The number of hydrogen-bond acceptors (Lipinski definition) is 5. The Bertz CT molecular complexity index is 843. The molecule has 184 valence electrons. The molecule has 4 fully saturated rings. The van der Waals surface area contributed by atoms with Gasteiger partial charge >= 0.3 is 5.97 Å². The van der Waals surface area contributed by atoms with Crippen LogP contribution < -0.4 is 0 Å². The van der Waals surface area contributed by atoms with E-state index in [1.165, 1.54) is 51.4 Å². The summed E-state index contributed by atoms with van der Waals surface area (Å²) >= 11 is 0. The molecule has 4 aliphatic rings. The normalized spacial score (nSPS) is 45.5. The van der Waals surface area contributed by atoms with E-state index in [1.54, 1.807) is 6.92 Å². The topological polar surface area (TPSA) is 80.8 Å². The summed E-state index contributed by atoms with van der Waals surface area (Å²) < 4.78 is 6.32. The number of aromatic nitrogens is 4. The smallest absolute Gasteiger partial charge is 0.302 e. The van der Waals surface area contributed by atoms with E-state index in [0.717, 1.165) is 18.7 Å². The van der Waals surface area contributed by atoms with Crippen molar-refractivity contribution in [3.8, 4) is 0 Å². The minimum Gasteiger partial charge on any atom is -0.462 e. The van der Waals surface area contributed by atoms with E-state index in [2.05, 4.69) is 48.3 Å². The van der Waals surface area contributed by atoms with Crippen molar-refractivity contribution in [1.29, 1.82) is 0 Å². The van der Waals surface area contributed by atoms with Gasteiger partial charge in [-0.3, -0.25) is 4.79 Å². The highest BCUT2D eigenvalue weighted by Gasteiger charge is 2.65. The van der Waals surface area contributed by atoms with Crippen molar-refractivity contribution in [1.82, 2.24) is 20.6 Å². The van der Waals surface area contributed by atoms with E-state index in [9.17, 15) is 4.79 Å². The Labute approximate surface area is 199 Å². The minimum absolute atomic E-state index is 0.0791. The first-order valence-corrected chi connectivity index (χ1v) is 13.7. The van der Waals surface area contributed by atoms with Gasteiger partial charge in [0, 0.05) is 19.3 Å². The van der Waals surface area contributed by atoms with E-state index in [0.29, 0.717) is 52.3 Å². The van der Waals surface area contributed by atoms with Gasteiger partial charge in [-0.25, -0.2) is 5.10 Å². The third-order valence-electron chi connectivity index (χ3n) is 11.3. The van der Waals surface area contributed by atoms with Crippen molar-refractivity contribution in [2.24, 2.45) is 52.3 Å². The van der Waals surface area contributed by atoms with E-state index >= 15 is 0 Å². The highest BCUT2D eigenvalue weighted by molar-refractivity contribution is 5.66. The van der Waals surface area contributed by atoms with Crippen molar-refractivity contribution in [3.05, 3.63) is 5.82 Å². The van der Waals surface area contributed by atoms with Crippen LogP contribution in [0.5, 0.6) is 0 Å². The summed E-state index contributed by atoms with van der Waals surface area (Å²) in [5.74, 6) is 5.12. The lowest BCUT2D eigenvalue weighted by atomic mass is 9.41. The molecule has 1 unspecified atom stereocenters. The lowest BCUT2D eigenvalue weighted by Crippen LogP contribution is -2.62. The average Bonchev–Trinajstić information content (AvgIpc) is 3.40. The molecule has 6 nitrogen and oxygen atoms in total. The van der Waals surface area contributed by atoms with Gasteiger partial charge in [-0.15, -0.1) is 5.10 Å². The van der Waals surface area contributed by atoms with E-state index in [1.807, 2.05) is 0 Å². The number of rotatable bonds is 5. The van der Waals surface area contributed by atoms with Crippen LogP contribution in [0.3, 0.4) is 0 Å². The molecule has 0 amide bonds. The number of carbonyl (C=O) groups is 1. The van der Waals surface area contributed by atoms with Gasteiger partial charge in [-0.1, -0.05) is 40.5 Å². The number of carbonyl (C=O) groups excluding carboxylic acids is 1. The fourth-order valence-corrected chi connectivity index (χ4v) is 10.0. The van der Waals surface area contributed by atoms with Gasteiger partial charge in [0.05, 0.1) is 0 Å². The number of fused-ring (bicyclic) bond motifs is 5. The number of nitrogens with zero attached hydrogens (tertiary/aromatic N) is 3. The predicted octanol–water partition coefficient (Wildman–Crippen LogP) is 5.61. The van der Waals surface area contributed by atoms with E-state index < -0.39 is 0 Å². The van der Waals surface area contributed by atoms with Gasteiger partial charge in [-0.05, 0) is 102 Å². The molecule has 4 aliphatic carbocycles. The maximum Gasteiger partial charge on any atom is 0.302 e. The number of aromatic amines is 1. The zero-order chi connectivity index (χ0) is 23.4. The monoisotopic (exact) mass is 456 g/mol. The van der Waals surface area contributed by atoms with Crippen molar-refractivity contribution in [2.75, 3.05) is 0 Å². The van der Waals surface area contributed by atoms with Gasteiger partial charge in [0.15, 0.2) is 0 Å². The minimum atomic E-state index is -0.0791. The Kier molecular flexibility index (Phi) is 6.10. The molecule has 0 radical (unpaired) electrons. The summed E-state index contributed by atoms with van der Waals surface area (Å²) in [7, 11) is 0. The molecule has 10 atom stereocenters. The molecule has 1 N–H and O–H groups in total. The molecule has 6 heteroatoms. The molecule has 1 aromatic heterocycles. The first-order valence-electron chi connectivity index (χ1n) is 13.7. The lowest BCUT2D eigenvalue weighted by molar-refractivity contribution is -0.211. The standard InChI is InChI=1S/C27H44N4O2/c1-6-18-20-9-7-8-13-26(20,4)22-12-14-27(5)19(16(2)15-23-28-30-31-29-23)10-11-21(27)24(22)25(18)33-17(3)32/h16,18-22,24-25H,6-15H2,1-5H3,(H,28,29,30,31)/t16-,18-,19?,20+,21+,22+,24+,25-,26+,27-/m1/s1. The predicted molar refractivity (Wildman–Crippen MR) is 127 cm³/mol. The summed E-state index contributed by atoms with van der Waals surface area (Å²) in [4.78, 5) is 12.4. The Hall–Kier alpha value is -1.46. The van der Waals surface area contributed by atoms with Crippen molar-refractivity contribution in [3.63, 3.8) is 0 Å². The van der Waals surface area contributed by atoms with Crippen LogP contribution in [0.25, 0.3) is 0 Å². The average molecular weight is 457 g/mol. The molecule has 1 heterocycles. The molecule has 0 bridgehead atoms. The number of nitrogens with one attached hydrogen (secondary N) is 1. The quantitative estimate of drug-likeness (QED) is 0.583. The van der Waals surface area contributed by atoms with Crippen LogP contribution in [0.4, 0.5) is 0 Å². The summed E-state index contributed by atoms with van der Waals surface area (Å²) in [5, 5.41) is 14.7. The van der Waals surface area contributed by atoms with Gasteiger partial charge in [0.25, 0.3) is 0 Å². The molecular weight excluding hydrogens is 412 g/mol. The van der Waals surface area contributed by atoms with Gasteiger partial charge in [-0.2, -0.15) is 0 Å². The second-order valence-corrected chi connectivity index (χ2v) is 12.6. The lowest BCUT2D eigenvalue weighted by Gasteiger charge is -2.64. The summed E-state index contributed by atoms with van der Waals surface area (Å²) in [5.41, 5.74) is 0.722. The molecule has 0 aromatic carbocycles. The third kappa shape index (κ3) is 3.65. The van der Waals surface area contributed by atoms with Crippen LogP contribution in [-0.4, -0.2) is 32.7 Å². The SMILES string of the molecule is CC[C@H]1[C@@H](OC(C)=O)[C@@H]2[C@H](CC[C@]3(C)C([C@H](C)Cc4nnn[nH]4)CC[C@@H]23)[C@@]2(C)CCCC[C@@H]12. The molecule has 0 aliphatic heterocycles. The van der Waals surface area contributed by atoms with Crippen LogP contribution in [0.15, 0.2) is 0 Å². The third-order valence-corrected chi connectivity index (χ3v) is 11.3. The van der Waals surface area contributed by atoms with Gasteiger partial charge < -0.3 is 4.74 Å². The highest BCUT2D eigenvalue weighted by atomic mass is 16.5. The first-order chi connectivity index (χ1) is 15.8. The number of tetrazole rings is 1. The number of ether oxygens (including phenoxy) is 1. The zero-order valence-electron chi connectivity index (χ0n) is 21.3. The van der Waals surface area contributed by atoms with Gasteiger partial charge in [0.1, 0.15) is 11.9 Å². The molecule has 33 heavy (non-hydrogen) atoms. The molecule has 0 saturated heterocycles. The van der Waals surface area contributed by atoms with Crippen molar-refractivity contribution in [2.45, 2.75) is 105 Å². The van der Waals surface area contributed by atoms with E-state index in [-0.39, 0.29) is 12.1 Å². The summed E-state index contributed by atoms with van der Waals surface area (Å²) in [6.07, 6.45) is 12.7. The van der Waals surface area contributed by atoms with Crippen LogP contribution in [0.2, 0.25) is 0 Å². The van der Waals surface area contributed by atoms with E-state index in [4.69, 9.17) is 4.74 Å². The first kappa shape index (κ1) is 23.3. The van der Waals surface area contributed by atoms with Crippen LogP contribution in [0, 0.1) is 52.3 Å². The van der Waals surface area contributed by atoms with Gasteiger partial charge in [0.2, 0.25) is 0 Å². The molecule has 0 spiro atoms. The van der Waals surface area contributed by atoms with Crippen molar-refractivity contribution < 1.29 is 9.53 Å². The Balaban J connectivity index is 1.48. The summed E-state index contributed by atoms with van der Waals surface area (Å²) in [6.45, 7) is 11.6. The number of esters is 1. The maximum absolute atomic E-state index is 12.4. The molecule has 1 aromatic rings. The molecule has 4 saturated carbocycles. The Morgan fingerprint density at radius 1 is 1.09 bits per heavy atom. The maximum atomic E-state index is 12.4. The van der Waals surface area contributed by atoms with Crippen molar-refractivity contribution >= 4 is 5.97 Å². The summed E-state index contributed by atoms with van der Waals surface area (Å²) in [6, 6.07) is 0. The van der Waals surface area contributed by atoms with Crippen LogP contribution in [-0.2, 0) is 16.0 Å². The Morgan fingerprint density at radius 3 is 2.58 bits per heavy atom. The Morgan fingerprint density at radius 2 is 1.88 bits per heavy atom. The van der Waals surface area contributed by atoms with Crippen LogP contribution in [0.1, 0.15) is 98.2 Å². The largest absolute Gasteiger partial charge is 0.462 e. The highest BCUT2D eigenvalue weighted by Crippen LogP contribution is 2.69. The molecule has 5 rings (SSSR count). The molecular formula is C27H44N4O2. The second-order valence-electron chi connectivity index (χ2n) is 12.6. The fraction of sp³-hybridized carbons (Fsp3) is 0.926. The fourth-order valence-electron chi connectivity index (χ4n) is 10.0.